The lowest BCUT2D eigenvalue weighted by atomic mass is 10.3. The Balaban J connectivity index is 3.67. The molecule has 0 amide bonds. The second-order valence-electron chi connectivity index (χ2n) is 2.82. The number of carbonyl (C=O) groups is 1. The predicted molar refractivity (Wildman–Crippen MR) is 52.3 cm³/mol. The number of aliphatic hydroxyl groups is 1. The van der Waals surface area contributed by atoms with Crippen molar-refractivity contribution in [3.8, 4) is 0 Å². The van der Waals surface area contributed by atoms with Crippen LogP contribution in [-0.2, 0) is 9.63 Å². The molecule has 82 valence electrons. The van der Waals surface area contributed by atoms with Crippen LogP contribution in [0.2, 0.25) is 0 Å². The van der Waals surface area contributed by atoms with Crippen molar-refractivity contribution in [2.24, 2.45) is 10.7 Å². The SMILES string of the molecule is CCCCN=C(N)NOC(=O)C(C)O. The quantitative estimate of drug-likeness (QED) is 0.248. The maximum Gasteiger partial charge on any atom is 0.360 e. The molecule has 6 heteroatoms. The number of unbranched alkanes of at least 4 members (excludes halogenated alkanes) is 1. The normalized spacial score (nSPS) is 13.5. The molecule has 0 aromatic rings. The van der Waals surface area contributed by atoms with E-state index >= 15 is 0 Å². The van der Waals surface area contributed by atoms with Crippen LogP contribution in [0.25, 0.3) is 0 Å². The van der Waals surface area contributed by atoms with Crippen LogP contribution < -0.4 is 11.2 Å². The molecule has 0 aromatic carbocycles. The zero-order valence-electron chi connectivity index (χ0n) is 8.49. The topological polar surface area (TPSA) is 96.9 Å². The summed E-state index contributed by atoms with van der Waals surface area (Å²) >= 11 is 0. The first kappa shape index (κ1) is 12.7. The van der Waals surface area contributed by atoms with Gasteiger partial charge in [-0.05, 0) is 13.3 Å². The van der Waals surface area contributed by atoms with Gasteiger partial charge >= 0.3 is 5.97 Å². The molecule has 0 saturated heterocycles. The number of hydrogen-bond acceptors (Lipinski definition) is 4. The van der Waals surface area contributed by atoms with Crippen molar-refractivity contribution in [2.75, 3.05) is 6.54 Å². The summed E-state index contributed by atoms with van der Waals surface area (Å²) in [7, 11) is 0. The average Bonchev–Trinajstić information content (AvgIpc) is 2.14. The summed E-state index contributed by atoms with van der Waals surface area (Å²) in [5.41, 5.74) is 7.48. The number of guanidine groups is 1. The summed E-state index contributed by atoms with van der Waals surface area (Å²) in [6, 6.07) is 0. The first-order valence-electron chi connectivity index (χ1n) is 4.52. The molecule has 0 bridgehead atoms. The third-order valence-electron chi connectivity index (χ3n) is 1.39. The van der Waals surface area contributed by atoms with E-state index in [-0.39, 0.29) is 5.96 Å². The molecule has 0 rings (SSSR count). The van der Waals surface area contributed by atoms with Crippen molar-refractivity contribution < 1.29 is 14.7 Å². The smallest absolute Gasteiger partial charge is 0.360 e. The second-order valence-corrected chi connectivity index (χ2v) is 2.82. The predicted octanol–water partition coefficient (Wildman–Crippen LogP) is -0.470. The third-order valence-corrected chi connectivity index (χ3v) is 1.39. The number of hydroxylamine groups is 1. The standard InChI is InChI=1S/C8H17N3O3/c1-3-4-5-10-8(9)11-14-7(13)6(2)12/h6,12H,3-5H2,1-2H3,(H3,9,10,11). The fourth-order valence-corrected chi connectivity index (χ4v) is 0.578. The largest absolute Gasteiger partial charge is 0.382 e. The van der Waals surface area contributed by atoms with E-state index in [0.29, 0.717) is 6.54 Å². The van der Waals surface area contributed by atoms with E-state index in [0.717, 1.165) is 12.8 Å². The highest BCUT2D eigenvalue weighted by Gasteiger charge is 2.10. The van der Waals surface area contributed by atoms with Crippen LogP contribution in [0, 0.1) is 0 Å². The monoisotopic (exact) mass is 203 g/mol. The Morgan fingerprint density at radius 3 is 2.86 bits per heavy atom. The van der Waals surface area contributed by atoms with E-state index < -0.39 is 12.1 Å². The first-order valence-corrected chi connectivity index (χ1v) is 4.52. The van der Waals surface area contributed by atoms with Gasteiger partial charge in [0.1, 0.15) is 0 Å². The Labute approximate surface area is 83.1 Å². The van der Waals surface area contributed by atoms with Gasteiger partial charge in [0.25, 0.3) is 0 Å². The molecule has 0 aliphatic heterocycles. The highest BCUT2D eigenvalue weighted by Crippen LogP contribution is 1.86. The van der Waals surface area contributed by atoms with E-state index in [2.05, 4.69) is 15.3 Å². The van der Waals surface area contributed by atoms with Gasteiger partial charge in [0, 0.05) is 6.54 Å². The molecule has 0 aliphatic carbocycles. The second kappa shape index (κ2) is 7.14. The number of aliphatic imine (C=N–C) groups is 1. The van der Waals surface area contributed by atoms with Gasteiger partial charge in [-0.15, -0.1) is 0 Å². The first-order chi connectivity index (χ1) is 6.57. The highest BCUT2D eigenvalue weighted by atomic mass is 16.7. The Bertz CT molecular complexity index is 204. The summed E-state index contributed by atoms with van der Waals surface area (Å²) in [4.78, 5) is 19.0. The molecule has 0 radical (unpaired) electrons. The number of carbonyl (C=O) groups excluding carboxylic acids is 1. The van der Waals surface area contributed by atoms with Crippen molar-refractivity contribution in [2.45, 2.75) is 32.8 Å². The van der Waals surface area contributed by atoms with Gasteiger partial charge in [-0.25, -0.2) is 4.79 Å². The molecule has 0 saturated carbocycles. The van der Waals surface area contributed by atoms with Gasteiger partial charge in [0.15, 0.2) is 6.10 Å². The fraction of sp³-hybridized carbons (Fsp3) is 0.750. The molecule has 0 spiro atoms. The van der Waals surface area contributed by atoms with Crippen LogP contribution in [0.15, 0.2) is 4.99 Å². The molecule has 1 atom stereocenters. The molecule has 0 fully saturated rings. The van der Waals surface area contributed by atoms with Crippen LogP contribution in [0.3, 0.4) is 0 Å². The lowest BCUT2D eigenvalue weighted by Gasteiger charge is -2.06. The van der Waals surface area contributed by atoms with Gasteiger partial charge in [-0.1, -0.05) is 13.3 Å². The number of nitrogens with zero attached hydrogens (tertiary/aromatic N) is 1. The minimum atomic E-state index is -1.18. The van der Waals surface area contributed by atoms with Crippen molar-refractivity contribution in [1.29, 1.82) is 0 Å². The molecule has 14 heavy (non-hydrogen) atoms. The maximum absolute atomic E-state index is 10.7. The molecular weight excluding hydrogens is 186 g/mol. The third kappa shape index (κ3) is 6.24. The summed E-state index contributed by atoms with van der Waals surface area (Å²) in [6.45, 7) is 3.92. The van der Waals surface area contributed by atoms with Gasteiger partial charge in [-0.3, -0.25) is 4.99 Å². The van der Waals surface area contributed by atoms with E-state index in [1.807, 2.05) is 6.92 Å². The Kier molecular flexibility index (Phi) is 6.47. The van der Waals surface area contributed by atoms with Crippen LogP contribution in [0.4, 0.5) is 0 Å². The van der Waals surface area contributed by atoms with E-state index in [1.54, 1.807) is 0 Å². The van der Waals surface area contributed by atoms with Crippen LogP contribution in [-0.4, -0.2) is 29.7 Å². The molecule has 1 unspecified atom stereocenters. The number of aliphatic hydroxyl groups excluding tert-OH is 1. The highest BCUT2D eigenvalue weighted by molar-refractivity contribution is 5.80. The van der Waals surface area contributed by atoms with Crippen molar-refractivity contribution in [3.63, 3.8) is 0 Å². The van der Waals surface area contributed by atoms with Crippen molar-refractivity contribution >= 4 is 11.9 Å². The number of nitrogens with one attached hydrogen (secondary N) is 1. The van der Waals surface area contributed by atoms with Crippen molar-refractivity contribution in [1.82, 2.24) is 5.48 Å². The van der Waals surface area contributed by atoms with Crippen LogP contribution in [0.1, 0.15) is 26.7 Å². The summed E-state index contributed by atoms with van der Waals surface area (Å²) < 4.78 is 0. The molecule has 4 N–H and O–H groups in total. The Morgan fingerprint density at radius 2 is 2.36 bits per heavy atom. The summed E-state index contributed by atoms with van der Waals surface area (Å²) in [5, 5.41) is 8.75. The minimum Gasteiger partial charge on any atom is -0.382 e. The minimum absolute atomic E-state index is 0.0347. The molecule has 0 aromatic heterocycles. The maximum atomic E-state index is 10.7. The molecule has 0 aliphatic rings. The van der Waals surface area contributed by atoms with E-state index in [4.69, 9.17) is 10.8 Å². The summed E-state index contributed by atoms with van der Waals surface area (Å²) in [6.07, 6.45) is 0.766. The fourth-order valence-electron chi connectivity index (χ4n) is 0.578. The van der Waals surface area contributed by atoms with Gasteiger partial charge in [0.2, 0.25) is 5.96 Å². The zero-order valence-corrected chi connectivity index (χ0v) is 8.49. The lowest BCUT2D eigenvalue weighted by Crippen LogP contribution is -2.36. The van der Waals surface area contributed by atoms with E-state index in [9.17, 15) is 4.79 Å². The number of nitrogens with two attached hydrogens (primary N) is 1. The average molecular weight is 203 g/mol. The summed E-state index contributed by atoms with van der Waals surface area (Å²) in [5.74, 6) is -0.758. The molecular formula is C8H17N3O3. The lowest BCUT2D eigenvalue weighted by molar-refractivity contribution is -0.156. The number of hydrogen-bond donors (Lipinski definition) is 3. The molecule has 0 heterocycles. The van der Waals surface area contributed by atoms with Crippen LogP contribution in [0.5, 0.6) is 0 Å². The Morgan fingerprint density at radius 1 is 1.71 bits per heavy atom. The van der Waals surface area contributed by atoms with Gasteiger partial charge in [-0.2, -0.15) is 5.48 Å². The zero-order chi connectivity index (χ0) is 11.0. The number of rotatable bonds is 4. The van der Waals surface area contributed by atoms with Gasteiger partial charge < -0.3 is 15.7 Å². The Hall–Kier alpha value is -1.30. The van der Waals surface area contributed by atoms with Gasteiger partial charge in [0.05, 0.1) is 0 Å². The van der Waals surface area contributed by atoms with Crippen molar-refractivity contribution in [3.05, 3.63) is 0 Å². The molecule has 6 nitrogen and oxygen atoms in total. The van der Waals surface area contributed by atoms with E-state index in [1.165, 1.54) is 6.92 Å². The van der Waals surface area contributed by atoms with Crippen LogP contribution >= 0.6 is 0 Å².